The lowest BCUT2D eigenvalue weighted by molar-refractivity contribution is -0.0195. The van der Waals surface area contributed by atoms with E-state index in [4.69, 9.17) is 24.7 Å². The lowest BCUT2D eigenvalue weighted by Gasteiger charge is -2.16. The lowest BCUT2D eigenvalue weighted by atomic mass is 10.4. The van der Waals surface area contributed by atoms with Crippen LogP contribution in [0, 0.1) is 0 Å². The van der Waals surface area contributed by atoms with Gasteiger partial charge in [0.15, 0.2) is 0 Å². The molecule has 0 aromatic heterocycles. The van der Waals surface area contributed by atoms with E-state index in [1.807, 2.05) is 0 Å². The van der Waals surface area contributed by atoms with Crippen molar-refractivity contribution in [1.82, 2.24) is 0 Å². The van der Waals surface area contributed by atoms with E-state index in [0.717, 1.165) is 0 Å². The van der Waals surface area contributed by atoms with Crippen LogP contribution < -0.4 is 0 Å². The van der Waals surface area contributed by atoms with Gasteiger partial charge in [0, 0.05) is 0 Å². The highest BCUT2D eigenvalue weighted by Gasteiger charge is 2.21. The third kappa shape index (κ3) is 8.58. The molecular weight excluding hydrogens is 215 g/mol. The summed E-state index contributed by atoms with van der Waals surface area (Å²) in [6, 6.07) is 0. The molecule has 0 bridgehead atoms. The standard InChI is InChI=1S/C6H15O7P/c1-5(8)3-12-4-6(2-7)13-14(9,10)11/h5-8H,2-4H2,1H3,(H2,9,10,11). The maximum Gasteiger partial charge on any atom is 0.470 e. The molecule has 14 heavy (non-hydrogen) atoms. The van der Waals surface area contributed by atoms with Crippen molar-refractivity contribution < 1.29 is 33.8 Å². The summed E-state index contributed by atoms with van der Waals surface area (Å²) in [6.45, 7) is 0.760. The number of ether oxygens (including phenoxy) is 1. The van der Waals surface area contributed by atoms with Gasteiger partial charge in [0.05, 0.1) is 25.9 Å². The van der Waals surface area contributed by atoms with Gasteiger partial charge in [0.2, 0.25) is 0 Å². The summed E-state index contributed by atoms with van der Waals surface area (Å²) in [7, 11) is -4.60. The van der Waals surface area contributed by atoms with Crippen molar-refractivity contribution in [3.05, 3.63) is 0 Å². The molecule has 0 fully saturated rings. The second-order valence-electron chi connectivity index (χ2n) is 2.79. The molecule has 0 heterocycles. The molecular formula is C6H15O7P. The molecule has 0 saturated carbocycles. The van der Waals surface area contributed by atoms with Crippen molar-refractivity contribution in [1.29, 1.82) is 0 Å². The maximum absolute atomic E-state index is 10.4. The largest absolute Gasteiger partial charge is 0.470 e. The molecule has 0 spiro atoms. The highest BCUT2D eigenvalue weighted by atomic mass is 31.2. The fourth-order valence-electron chi connectivity index (χ4n) is 0.681. The van der Waals surface area contributed by atoms with Crippen molar-refractivity contribution >= 4 is 7.82 Å². The molecule has 7 nitrogen and oxygen atoms in total. The number of phosphoric acid groups is 1. The van der Waals surface area contributed by atoms with Crippen LogP contribution in [-0.2, 0) is 13.8 Å². The van der Waals surface area contributed by atoms with Crippen LogP contribution in [0.2, 0.25) is 0 Å². The highest BCUT2D eigenvalue weighted by Crippen LogP contribution is 2.37. The van der Waals surface area contributed by atoms with Gasteiger partial charge in [0.1, 0.15) is 6.10 Å². The first-order chi connectivity index (χ1) is 6.35. The fraction of sp³-hybridized carbons (Fsp3) is 1.00. The summed E-state index contributed by atoms with van der Waals surface area (Å²) in [5.41, 5.74) is 0. The van der Waals surface area contributed by atoms with Gasteiger partial charge in [-0.2, -0.15) is 0 Å². The molecule has 0 aliphatic heterocycles. The Kier molecular flexibility index (Phi) is 6.46. The van der Waals surface area contributed by atoms with Gasteiger partial charge in [-0.25, -0.2) is 4.57 Å². The van der Waals surface area contributed by atoms with Gasteiger partial charge in [-0.1, -0.05) is 0 Å². The maximum atomic E-state index is 10.4. The van der Waals surface area contributed by atoms with Crippen molar-refractivity contribution in [2.45, 2.75) is 19.1 Å². The Morgan fingerprint density at radius 1 is 1.36 bits per heavy atom. The minimum Gasteiger partial charge on any atom is -0.394 e. The third-order valence-electron chi connectivity index (χ3n) is 1.15. The predicted molar refractivity (Wildman–Crippen MR) is 46.5 cm³/mol. The first-order valence-corrected chi connectivity index (χ1v) is 5.49. The van der Waals surface area contributed by atoms with E-state index in [0.29, 0.717) is 0 Å². The molecule has 8 heteroatoms. The Morgan fingerprint density at radius 3 is 2.29 bits per heavy atom. The summed E-state index contributed by atoms with van der Waals surface area (Å²) in [4.78, 5) is 16.8. The second-order valence-corrected chi connectivity index (χ2v) is 3.98. The summed E-state index contributed by atoms with van der Waals surface area (Å²) in [5.74, 6) is 0. The van der Waals surface area contributed by atoms with E-state index in [2.05, 4.69) is 4.52 Å². The average Bonchev–Trinajstić information content (AvgIpc) is 1.99. The molecule has 0 radical (unpaired) electrons. The zero-order valence-electron chi connectivity index (χ0n) is 7.74. The molecule has 0 aromatic carbocycles. The first-order valence-electron chi connectivity index (χ1n) is 3.95. The van der Waals surface area contributed by atoms with Gasteiger partial charge in [-0.15, -0.1) is 0 Å². The number of hydrogen-bond acceptors (Lipinski definition) is 5. The van der Waals surface area contributed by atoms with E-state index in [-0.39, 0.29) is 13.2 Å². The average molecular weight is 230 g/mol. The summed E-state index contributed by atoms with van der Waals surface area (Å²) >= 11 is 0. The Labute approximate surface area is 81.5 Å². The third-order valence-corrected chi connectivity index (χ3v) is 1.73. The summed E-state index contributed by atoms with van der Waals surface area (Å²) in [6.07, 6.45) is -1.76. The second kappa shape index (κ2) is 6.47. The number of aliphatic hydroxyl groups excluding tert-OH is 2. The van der Waals surface area contributed by atoms with Gasteiger partial charge >= 0.3 is 7.82 Å². The van der Waals surface area contributed by atoms with Gasteiger partial charge in [0.25, 0.3) is 0 Å². The molecule has 86 valence electrons. The number of rotatable bonds is 7. The van der Waals surface area contributed by atoms with Crippen molar-refractivity contribution in [3.63, 3.8) is 0 Å². The molecule has 0 aliphatic carbocycles. The van der Waals surface area contributed by atoms with E-state index in [1.54, 1.807) is 0 Å². The molecule has 4 N–H and O–H groups in total. The van der Waals surface area contributed by atoms with Crippen molar-refractivity contribution in [2.24, 2.45) is 0 Å². The molecule has 2 atom stereocenters. The smallest absolute Gasteiger partial charge is 0.394 e. The van der Waals surface area contributed by atoms with Gasteiger partial charge < -0.3 is 24.7 Å². The van der Waals surface area contributed by atoms with Crippen LogP contribution in [0.4, 0.5) is 0 Å². The van der Waals surface area contributed by atoms with Crippen molar-refractivity contribution in [2.75, 3.05) is 19.8 Å². The van der Waals surface area contributed by atoms with Gasteiger partial charge in [-0.05, 0) is 6.92 Å². The molecule has 0 amide bonds. The number of aliphatic hydroxyl groups is 2. The Hall–Kier alpha value is -0.0100. The minimum atomic E-state index is -4.60. The predicted octanol–water partition coefficient (Wildman–Crippen LogP) is -1.15. The van der Waals surface area contributed by atoms with Crippen molar-refractivity contribution in [3.8, 4) is 0 Å². The molecule has 2 unspecified atom stereocenters. The first kappa shape index (κ1) is 14.0. The minimum absolute atomic E-state index is 0.0149. The van der Waals surface area contributed by atoms with Crippen LogP contribution in [0.1, 0.15) is 6.92 Å². The van der Waals surface area contributed by atoms with E-state index >= 15 is 0 Å². The number of hydrogen-bond donors (Lipinski definition) is 4. The Morgan fingerprint density at radius 2 is 1.93 bits per heavy atom. The normalized spacial score (nSPS) is 16.6. The zero-order chi connectivity index (χ0) is 11.2. The van der Waals surface area contributed by atoms with Crippen LogP contribution in [0.5, 0.6) is 0 Å². The highest BCUT2D eigenvalue weighted by molar-refractivity contribution is 7.46. The Bertz CT molecular complexity index is 189. The lowest BCUT2D eigenvalue weighted by Crippen LogP contribution is -2.25. The molecule has 0 saturated heterocycles. The summed E-state index contributed by atoms with van der Waals surface area (Å²) < 4.78 is 19.3. The van der Waals surface area contributed by atoms with Gasteiger partial charge in [-0.3, -0.25) is 4.52 Å². The molecule has 0 aliphatic rings. The van der Waals surface area contributed by atoms with E-state index < -0.39 is 26.6 Å². The Balaban J connectivity index is 3.75. The quantitative estimate of drug-likeness (QED) is 0.408. The fourth-order valence-corrected chi connectivity index (χ4v) is 1.20. The number of phosphoric ester groups is 1. The SMILES string of the molecule is CC(O)COCC(CO)OP(=O)(O)O. The van der Waals surface area contributed by atoms with Crippen LogP contribution >= 0.6 is 7.82 Å². The van der Waals surface area contributed by atoms with E-state index in [9.17, 15) is 4.57 Å². The van der Waals surface area contributed by atoms with Crippen LogP contribution in [0.25, 0.3) is 0 Å². The topological polar surface area (TPSA) is 116 Å². The monoisotopic (exact) mass is 230 g/mol. The molecule has 0 rings (SSSR count). The zero-order valence-corrected chi connectivity index (χ0v) is 8.63. The summed E-state index contributed by atoms with van der Waals surface area (Å²) in [5, 5.41) is 17.4. The van der Waals surface area contributed by atoms with Crippen LogP contribution in [-0.4, -0.2) is 52.0 Å². The van der Waals surface area contributed by atoms with Crippen LogP contribution in [0.3, 0.4) is 0 Å². The van der Waals surface area contributed by atoms with E-state index in [1.165, 1.54) is 6.92 Å². The molecule has 0 aromatic rings. The van der Waals surface area contributed by atoms with Crippen LogP contribution in [0.15, 0.2) is 0 Å².